The molecule has 1 amide bonds. The van der Waals surface area contributed by atoms with Crippen LogP contribution in [-0.2, 0) is 12.8 Å². The molecule has 0 unspecified atom stereocenters. The van der Waals surface area contributed by atoms with Gasteiger partial charge in [-0.1, -0.05) is 54.1 Å². The molecule has 1 atom stereocenters. The van der Waals surface area contributed by atoms with Crippen molar-refractivity contribution >= 4 is 17.5 Å². The molecule has 172 valence electrons. The first-order valence-corrected chi connectivity index (χ1v) is 12.0. The van der Waals surface area contributed by atoms with Gasteiger partial charge in [0.2, 0.25) is 0 Å². The third kappa shape index (κ3) is 5.37. The number of carbonyl (C=O) groups is 1. The highest BCUT2D eigenvalue weighted by molar-refractivity contribution is 6.30. The van der Waals surface area contributed by atoms with Crippen LogP contribution in [0.1, 0.15) is 57.6 Å². The Bertz CT molecular complexity index is 1250. The Morgan fingerprint density at radius 2 is 1.82 bits per heavy atom. The SMILES string of the molecule is O=C(c1ccc(Cc2ccccc2)nc1)N1CCC[C@@H](c2ncc(Cc3cccc(Cl)c3)o2)C1. The van der Waals surface area contributed by atoms with Gasteiger partial charge < -0.3 is 9.32 Å². The number of pyridine rings is 1. The van der Waals surface area contributed by atoms with Crippen molar-refractivity contribution < 1.29 is 9.21 Å². The van der Waals surface area contributed by atoms with Crippen molar-refractivity contribution in [2.24, 2.45) is 0 Å². The second kappa shape index (κ2) is 10.2. The maximum atomic E-state index is 13.1. The summed E-state index contributed by atoms with van der Waals surface area (Å²) in [6, 6.07) is 21.8. The fourth-order valence-electron chi connectivity index (χ4n) is 4.45. The van der Waals surface area contributed by atoms with Gasteiger partial charge in [-0.3, -0.25) is 9.78 Å². The minimum absolute atomic E-state index is 0.00849. The van der Waals surface area contributed by atoms with Crippen molar-refractivity contribution in [1.29, 1.82) is 0 Å². The molecule has 0 saturated carbocycles. The summed E-state index contributed by atoms with van der Waals surface area (Å²) >= 11 is 6.09. The van der Waals surface area contributed by atoms with Crippen LogP contribution in [0.2, 0.25) is 5.02 Å². The summed E-state index contributed by atoms with van der Waals surface area (Å²) in [7, 11) is 0. The molecule has 5 nitrogen and oxygen atoms in total. The lowest BCUT2D eigenvalue weighted by atomic mass is 9.97. The molecule has 1 aliphatic heterocycles. The molecule has 2 aromatic carbocycles. The molecule has 5 rings (SSSR count). The topological polar surface area (TPSA) is 59.2 Å². The first-order valence-electron chi connectivity index (χ1n) is 11.6. The second-order valence-corrected chi connectivity index (χ2v) is 9.20. The number of oxazole rings is 1. The minimum Gasteiger partial charge on any atom is -0.445 e. The Hall–Kier alpha value is -3.44. The molecular formula is C28H26ClN3O2. The van der Waals surface area contributed by atoms with Crippen LogP contribution in [0.3, 0.4) is 0 Å². The Labute approximate surface area is 204 Å². The lowest BCUT2D eigenvalue weighted by Crippen LogP contribution is -2.39. The first-order chi connectivity index (χ1) is 16.6. The Morgan fingerprint density at radius 3 is 2.62 bits per heavy atom. The number of piperidine rings is 1. The van der Waals surface area contributed by atoms with Crippen molar-refractivity contribution in [3.63, 3.8) is 0 Å². The number of nitrogens with zero attached hydrogens (tertiary/aromatic N) is 3. The smallest absolute Gasteiger partial charge is 0.255 e. The van der Waals surface area contributed by atoms with Gasteiger partial charge in [-0.05, 0) is 48.2 Å². The fourth-order valence-corrected chi connectivity index (χ4v) is 4.66. The normalized spacial score (nSPS) is 15.9. The number of hydrogen-bond donors (Lipinski definition) is 0. The van der Waals surface area contributed by atoms with Crippen molar-refractivity contribution in [2.45, 2.75) is 31.6 Å². The molecule has 0 spiro atoms. The third-order valence-corrected chi connectivity index (χ3v) is 6.43. The van der Waals surface area contributed by atoms with E-state index in [1.54, 1.807) is 12.4 Å². The lowest BCUT2D eigenvalue weighted by molar-refractivity contribution is 0.0697. The number of benzene rings is 2. The lowest BCUT2D eigenvalue weighted by Gasteiger charge is -2.31. The van der Waals surface area contributed by atoms with Crippen LogP contribution in [0.15, 0.2) is 83.5 Å². The highest BCUT2D eigenvalue weighted by Gasteiger charge is 2.28. The largest absolute Gasteiger partial charge is 0.445 e. The highest BCUT2D eigenvalue weighted by atomic mass is 35.5. The molecule has 6 heteroatoms. The quantitative estimate of drug-likeness (QED) is 0.350. The summed E-state index contributed by atoms with van der Waals surface area (Å²) in [5.41, 5.74) is 3.85. The van der Waals surface area contributed by atoms with E-state index >= 15 is 0 Å². The van der Waals surface area contributed by atoms with Crippen LogP contribution in [-0.4, -0.2) is 33.9 Å². The third-order valence-electron chi connectivity index (χ3n) is 6.20. The zero-order valence-electron chi connectivity index (χ0n) is 18.9. The average Bonchev–Trinajstić information content (AvgIpc) is 3.33. The van der Waals surface area contributed by atoms with Gasteiger partial charge in [0.15, 0.2) is 5.89 Å². The van der Waals surface area contributed by atoms with Gasteiger partial charge in [-0.2, -0.15) is 0 Å². The van der Waals surface area contributed by atoms with Crippen molar-refractivity contribution in [2.75, 3.05) is 13.1 Å². The van der Waals surface area contributed by atoms with E-state index < -0.39 is 0 Å². The molecule has 1 aliphatic rings. The van der Waals surface area contributed by atoms with Crippen LogP contribution in [0.4, 0.5) is 0 Å². The molecule has 0 N–H and O–H groups in total. The second-order valence-electron chi connectivity index (χ2n) is 8.76. The summed E-state index contributed by atoms with van der Waals surface area (Å²) in [6.45, 7) is 1.33. The van der Waals surface area contributed by atoms with Gasteiger partial charge in [0.05, 0.1) is 17.7 Å². The number of carbonyl (C=O) groups excluding carboxylic acids is 1. The predicted octanol–water partition coefficient (Wildman–Crippen LogP) is 5.92. The molecule has 0 aliphatic carbocycles. The molecule has 0 bridgehead atoms. The molecular weight excluding hydrogens is 446 g/mol. The highest BCUT2D eigenvalue weighted by Crippen LogP contribution is 2.28. The minimum atomic E-state index is 0.00849. The number of halogens is 1. The Morgan fingerprint density at radius 1 is 0.971 bits per heavy atom. The molecule has 4 aromatic rings. The van der Waals surface area contributed by atoms with E-state index in [9.17, 15) is 4.79 Å². The predicted molar refractivity (Wildman–Crippen MR) is 132 cm³/mol. The Kier molecular flexibility index (Phi) is 6.72. The van der Waals surface area contributed by atoms with Gasteiger partial charge in [0.1, 0.15) is 5.76 Å². The van der Waals surface area contributed by atoms with E-state index in [2.05, 4.69) is 22.1 Å². The van der Waals surface area contributed by atoms with Crippen LogP contribution in [0, 0.1) is 0 Å². The zero-order chi connectivity index (χ0) is 23.3. The van der Waals surface area contributed by atoms with Crippen molar-refractivity contribution in [3.8, 4) is 0 Å². The molecule has 1 saturated heterocycles. The van der Waals surface area contributed by atoms with Gasteiger partial charge in [0, 0.05) is 42.8 Å². The Balaban J connectivity index is 1.22. The van der Waals surface area contributed by atoms with Crippen molar-refractivity contribution in [1.82, 2.24) is 14.9 Å². The van der Waals surface area contributed by atoms with E-state index in [0.29, 0.717) is 29.4 Å². The standard InChI is InChI=1S/C28H26ClN3O2/c29-24-10-4-8-21(14-24)16-26-18-31-27(34-26)23-9-5-13-32(19-23)28(33)22-11-12-25(30-17-22)15-20-6-2-1-3-7-20/h1-4,6-8,10-12,14,17-18,23H,5,9,13,15-16,19H2/t23-/m1/s1. The summed E-state index contributed by atoms with van der Waals surface area (Å²) < 4.78 is 6.07. The summed E-state index contributed by atoms with van der Waals surface area (Å²) in [6.07, 6.45) is 6.74. The van der Waals surface area contributed by atoms with Gasteiger partial charge in [0.25, 0.3) is 5.91 Å². The van der Waals surface area contributed by atoms with Crippen LogP contribution >= 0.6 is 11.6 Å². The molecule has 3 heterocycles. The number of likely N-dealkylation sites (tertiary alicyclic amines) is 1. The van der Waals surface area contributed by atoms with Gasteiger partial charge in [-0.25, -0.2) is 4.98 Å². The summed E-state index contributed by atoms with van der Waals surface area (Å²) in [4.78, 5) is 24.1. The maximum Gasteiger partial charge on any atom is 0.255 e. The number of amides is 1. The summed E-state index contributed by atoms with van der Waals surface area (Å²) in [5.74, 6) is 1.61. The first kappa shape index (κ1) is 22.4. The molecule has 2 aromatic heterocycles. The molecule has 34 heavy (non-hydrogen) atoms. The fraction of sp³-hybridized carbons (Fsp3) is 0.250. The van der Waals surface area contributed by atoms with Crippen LogP contribution in [0.25, 0.3) is 0 Å². The molecule has 1 fully saturated rings. The maximum absolute atomic E-state index is 13.1. The van der Waals surface area contributed by atoms with E-state index in [-0.39, 0.29) is 11.8 Å². The summed E-state index contributed by atoms with van der Waals surface area (Å²) in [5, 5.41) is 0.710. The number of hydrogen-bond acceptors (Lipinski definition) is 4. The van der Waals surface area contributed by atoms with Gasteiger partial charge >= 0.3 is 0 Å². The van der Waals surface area contributed by atoms with Gasteiger partial charge in [-0.15, -0.1) is 0 Å². The monoisotopic (exact) mass is 471 g/mol. The van der Waals surface area contributed by atoms with E-state index in [1.165, 1.54) is 5.56 Å². The van der Waals surface area contributed by atoms with Crippen LogP contribution in [0.5, 0.6) is 0 Å². The number of aromatic nitrogens is 2. The molecule has 0 radical (unpaired) electrons. The van der Waals surface area contributed by atoms with E-state index in [4.69, 9.17) is 16.0 Å². The number of rotatable bonds is 6. The van der Waals surface area contributed by atoms with Crippen LogP contribution < -0.4 is 0 Å². The van der Waals surface area contributed by atoms with E-state index in [0.717, 1.165) is 42.8 Å². The zero-order valence-corrected chi connectivity index (χ0v) is 19.6. The van der Waals surface area contributed by atoms with E-state index in [1.807, 2.05) is 59.5 Å². The average molecular weight is 472 g/mol. The van der Waals surface area contributed by atoms with Crippen molar-refractivity contribution in [3.05, 3.63) is 118 Å².